The van der Waals surface area contributed by atoms with E-state index in [0.29, 0.717) is 0 Å². The minimum Gasteiger partial charge on any atom is -0.313 e. The van der Waals surface area contributed by atoms with E-state index in [9.17, 15) is 0 Å². The highest BCUT2D eigenvalue weighted by Gasteiger charge is 2.07. The summed E-state index contributed by atoms with van der Waals surface area (Å²) in [6, 6.07) is 12.4. The standard InChI is InChI=1S/C15H17BrN2S/c1-2-9-17-11-12-6-5-10-18-15(12)19-14-8-4-3-7-13(14)16/h3-8,10,17H,2,9,11H2,1H3. The summed E-state index contributed by atoms with van der Waals surface area (Å²) in [5, 5.41) is 4.49. The summed E-state index contributed by atoms with van der Waals surface area (Å²) in [6.45, 7) is 4.08. The topological polar surface area (TPSA) is 24.9 Å². The lowest BCUT2D eigenvalue weighted by Crippen LogP contribution is -2.14. The molecule has 4 heteroatoms. The molecule has 0 bridgehead atoms. The Bertz CT molecular complexity index is 531. The van der Waals surface area contributed by atoms with Crippen molar-refractivity contribution in [3.8, 4) is 0 Å². The van der Waals surface area contributed by atoms with E-state index < -0.39 is 0 Å². The fourth-order valence-corrected chi connectivity index (χ4v) is 3.11. The highest BCUT2D eigenvalue weighted by Crippen LogP contribution is 2.33. The SMILES string of the molecule is CCCNCc1cccnc1Sc1ccccc1Br. The van der Waals surface area contributed by atoms with Crippen LogP contribution in [-0.4, -0.2) is 11.5 Å². The van der Waals surface area contributed by atoms with Gasteiger partial charge in [-0.1, -0.05) is 36.9 Å². The number of rotatable bonds is 6. The van der Waals surface area contributed by atoms with Crippen LogP contribution in [0.2, 0.25) is 0 Å². The van der Waals surface area contributed by atoms with E-state index in [1.165, 1.54) is 10.5 Å². The summed E-state index contributed by atoms with van der Waals surface area (Å²) in [6.07, 6.45) is 3.00. The number of hydrogen-bond donors (Lipinski definition) is 1. The Labute approximate surface area is 127 Å². The second-order valence-corrected chi connectivity index (χ2v) is 6.06. The van der Waals surface area contributed by atoms with Gasteiger partial charge in [0.2, 0.25) is 0 Å². The normalized spacial score (nSPS) is 10.6. The van der Waals surface area contributed by atoms with E-state index in [0.717, 1.165) is 29.0 Å². The monoisotopic (exact) mass is 336 g/mol. The van der Waals surface area contributed by atoms with Crippen molar-refractivity contribution in [2.24, 2.45) is 0 Å². The van der Waals surface area contributed by atoms with Crippen LogP contribution in [-0.2, 0) is 6.54 Å². The van der Waals surface area contributed by atoms with E-state index in [1.807, 2.05) is 24.4 Å². The van der Waals surface area contributed by atoms with E-state index in [2.05, 4.69) is 51.4 Å². The molecule has 0 fully saturated rings. The van der Waals surface area contributed by atoms with Gasteiger partial charge < -0.3 is 5.32 Å². The van der Waals surface area contributed by atoms with E-state index >= 15 is 0 Å². The summed E-state index contributed by atoms with van der Waals surface area (Å²) >= 11 is 5.28. The second kappa shape index (κ2) is 7.68. The molecule has 0 radical (unpaired) electrons. The summed E-state index contributed by atoms with van der Waals surface area (Å²) in [4.78, 5) is 5.69. The van der Waals surface area contributed by atoms with Crippen LogP contribution in [0.5, 0.6) is 0 Å². The van der Waals surface area contributed by atoms with Crippen molar-refractivity contribution in [3.63, 3.8) is 0 Å². The van der Waals surface area contributed by atoms with E-state index in [-0.39, 0.29) is 0 Å². The zero-order valence-electron chi connectivity index (χ0n) is 10.9. The third-order valence-electron chi connectivity index (χ3n) is 2.64. The smallest absolute Gasteiger partial charge is 0.105 e. The van der Waals surface area contributed by atoms with Crippen LogP contribution in [0, 0.1) is 0 Å². The van der Waals surface area contributed by atoms with Crippen molar-refractivity contribution in [1.29, 1.82) is 0 Å². The van der Waals surface area contributed by atoms with Crippen molar-refractivity contribution in [2.75, 3.05) is 6.54 Å². The van der Waals surface area contributed by atoms with Crippen LogP contribution in [0.15, 0.2) is 57.0 Å². The molecule has 0 aliphatic rings. The van der Waals surface area contributed by atoms with Crippen LogP contribution in [0.25, 0.3) is 0 Å². The molecule has 0 unspecified atom stereocenters. The number of halogens is 1. The molecule has 0 saturated carbocycles. The third-order valence-corrected chi connectivity index (χ3v) is 4.73. The number of benzene rings is 1. The Kier molecular flexibility index (Phi) is 5.89. The molecular formula is C15H17BrN2S. The lowest BCUT2D eigenvalue weighted by molar-refractivity contribution is 0.665. The number of pyridine rings is 1. The first kappa shape index (κ1) is 14.6. The minimum atomic E-state index is 0.870. The first-order valence-corrected chi connectivity index (χ1v) is 7.99. The van der Waals surface area contributed by atoms with Crippen molar-refractivity contribution >= 4 is 27.7 Å². The molecule has 0 aliphatic carbocycles. The van der Waals surface area contributed by atoms with Crippen LogP contribution in [0.3, 0.4) is 0 Å². The summed E-state index contributed by atoms with van der Waals surface area (Å²) in [5.74, 6) is 0. The van der Waals surface area contributed by atoms with Gasteiger partial charge in [0.05, 0.1) is 0 Å². The Morgan fingerprint density at radius 3 is 2.84 bits per heavy atom. The Balaban J connectivity index is 2.13. The average molecular weight is 337 g/mol. The molecule has 0 saturated heterocycles. The Hall–Kier alpha value is -0.840. The molecule has 19 heavy (non-hydrogen) atoms. The highest BCUT2D eigenvalue weighted by atomic mass is 79.9. The highest BCUT2D eigenvalue weighted by molar-refractivity contribution is 9.10. The van der Waals surface area contributed by atoms with Crippen LogP contribution < -0.4 is 5.32 Å². The predicted octanol–water partition coefficient (Wildman–Crippen LogP) is 4.49. The number of nitrogens with one attached hydrogen (secondary N) is 1. The molecule has 1 aromatic heterocycles. The molecule has 1 aromatic carbocycles. The van der Waals surface area contributed by atoms with Gasteiger partial charge in [0.15, 0.2) is 0 Å². The Morgan fingerprint density at radius 1 is 1.21 bits per heavy atom. The molecule has 0 amide bonds. The van der Waals surface area contributed by atoms with Gasteiger partial charge in [-0.15, -0.1) is 0 Å². The lowest BCUT2D eigenvalue weighted by atomic mass is 10.3. The Morgan fingerprint density at radius 2 is 2.05 bits per heavy atom. The summed E-state index contributed by atoms with van der Waals surface area (Å²) < 4.78 is 1.11. The van der Waals surface area contributed by atoms with Crippen LogP contribution in [0.4, 0.5) is 0 Å². The first-order valence-electron chi connectivity index (χ1n) is 6.38. The van der Waals surface area contributed by atoms with Gasteiger partial charge in [0.1, 0.15) is 5.03 Å². The second-order valence-electron chi connectivity index (χ2n) is 4.18. The van der Waals surface area contributed by atoms with Crippen molar-refractivity contribution in [1.82, 2.24) is 10.3 Å². The molecule has 0 atom stereocenters. The molecule has 0 spiro atoms. The average Bonchev–Trinajstić information content (AvgIpc) is 2.43. The molecule has 2 rings (SSSR count). The van der Waals surface area contributed by atoms with Crippen molar-refractivity contribution in [3.05, 3.63) is 52.6 Å². The number of nitrogens with zero attached hydrogens (tertiary/aromatic N) is 1. The maximum Gasteiger partial charge on any atom is 0.105 e. The van der Waals surface area contributed by atoms with Crippen LogP contribution in [0.1, 0.15) is 18.9 Å². The van der Waals surface area contributed by atoms with E-state index in [4.69, 9.17) is 0 Å². The quantitative estimate of drug-likeness (QED) is 0.786. The minimum absolute atomic E-state index is 0.870. The molecule has 1 N–H and O–H groups in total. The van der Waals surface area contributed by atoms with Gasteiger partial charge in [-0.2, -0.15) is 0 Å². The fourth-order valence-electron chi connectivity index (χ4n) is 1.68. The molecule has 0 aliphatic heterocycles. The molecule has 1 heterocycles. The molecule has 2 nitrogen and oxygen atoms in total. The maximum atomic E-state index is 4.50. The van der Waals surface area contributed by atoms with Gasteiger partial charge in [-0.3, -0.25) is 0 Å². The number of aromatic nitrogens is 1. The van der Waals surface area contributed by atoms with E-state index in [1.54, 1.807) is 11.8 Å². The maximum absolute atomic E-state index is 4.50. The van der Waals surface area contributed by atoms with Gasteiger partial charge in [-0.25, -0.2) is 4.98 Å². The summed E-state index contributed by atoms with van der Waals surface area (Å²) in [7, 11) is 0. The van der Waals surface area contributed by atoms with Gasteiger partial charge >= 0.3 is 0 Å². The van der Waals surface area contributed by atoms with Gasteiger partial charge in [0.25, 0.3) is 0 Å². The number of hydrogen-bond acceptors (Lipinski definition) is 3. The van der Waals surface area contributed by atoms with Crippen molar-refractivity contribution < 1.29 is 0 Å². The molecular weight excluding hydrogens is 320 g/mol. The zero-order valence-corrected chi connectivity index (χ0v) is 13.3. The lowest BCUT2D eigenvalue weighted by Gasteiger charge is -2.09. The first-order chi connectivity index (χ1) is 9.31. The predicted molar refractivity (Wildman–Crippen MR) is 84.5 cm³/mol. The van der Waals surface area contributed by atoms with Crippen LogP contribution >= 0.6 is 27.7 Å². The fraction of sp³-hybridized carbons (Fsp3) is 0.267. The van der Waals surface area contributed by atoms with Gasteiger partial charge in [-0.05, 0) is 52.7 Å². The molecule has 2 aromatic rings. The largest absolute Gasteiger partial charge is 0.313 e. The third kappa shape index (κ3) is 4.34. The van der Waals surface area contributed by atoms with Gasteiger partial charge in [0, 0.05) is 22.1 Å². The zero-order chi connectivity index (χ0) is 13.5. The molecule has 100 valence electrons. The summed E-state index contributed by atoms with van der Waals surface area (Å²) in [5.41, 5.74) is 1.25. The van der Waals surface area contributed by atoms with Crippen molar-refractivity contribution in [2.45, 2.75) is 29.8 Å².